The van der Waals surface area contributed by atoms with Gasteiger partial charge in [-0.15, -0.1) is 0 Å². The van der Waals surface area contributed by atoms with Crippen molar-refractivity contribution < 1.29 is 9.53 Å². The van der Waals surface area contributed by atoms with Crippen LogP contribution >= 0.6 is 0 Å². The van der Waals surface area contributed by atoms with Gasteiger partial charge in [0, 0.05) is 25.5 Å². The Balaban J connectivity index is 1.70. The number of carbonyl (C=O) groups is 1. The topological polar surface area (TPSA) is 59.4 Å². The average Bonchev–Trinajstić information content (AvgIpc) is 2.95. The van der Waals surface area contributed by atoms with Crippen LogP contribution < -0.4 is 10.2 Å². The first-order valence-corrected chi connectivity index (χ1v) is 7.66. The summed E-state index contributed by atoms with van der Waals surface area (Å²) in [6.45, 7) is 0.622. The highest BCUT2D eigenvalue weighted by atomic mass is 16.5. The van der Waals surface area contributed by atoms with Gasteiger partial charge in [-0.3, -0.25) is 4.90 Å². The first kappa shape index (κ1) is 15.9. The van der Waals surface area contributed by atoms with E-state index >= 15 is 0 Å². The number of aromatic nitrogens is 2. The number of aryl methyl sites for hydroxylation is 1. The summed E-state index contributed by atoms with van der Waals surface area (Å²) in [5, 5.41) is 3.35. The van der Waals surface area contributed by atoms with Gasteiger partial charge in [-0.25, -0.2) is 9.78 Å². The molecule has 3 aromatic rings. The Bertz CT molecular complexity index is 855. The number of ether oxygens (including phenoxy) is 1. The molecule has 6 heteroatoms. The van der Waals surface area contributed by atoms with E-state index in [2.05, 4.69) is 20.9 Å². The summed E-state index contributed by atoms with van der Waals surface area (Å²) >= 11 is 0. The predicted molar refractivity (Wildman–Crippen MR) is 95.3 cm³/mol. The average molecular weight is 324 g/mol. The van der Waals surface area contributed by atoms with Crippen LogP contribution in [0.1, 0.15) is 5.82 Å². The fourth-order valence-electron chi connectivity index (χ4n) is 2.58. The molecule has 2 aromatic carbocycles. The van der Waals surface area contributed by atoms with Gasteiger partial charge in [0.15, 0.2) is 0 Å². The maximum atomic E-state index is 11.5. The molecule has 3 rings (SSSR count). The Morgan fingerprint density at radius 1 is 1.21 bits per heavy atom. The molecule has 0 fully saturated rings. The number of hydrogen-bond acceptors (Lipinski definition) is 4. The molecular weight excluding hydrogens is 304 g/mol. The van der Waals surface area contributed by atoms with Crippen molar-refractivity contribution in [3.8, 4) is 0 Å². The number of para-hydroxylation sites is 2. The van der Waals surface area contributed by atoms with Gasteiger partial charge in [-0.05, 0) is 36.4 Å². The summed E-state index contributed by atoms with van der Waals surface area (Å²) in [5.74, 6) is 0.965. The second kappa shape index (κ2) is 6.62. The Morgan fingerprint density at radius 2 is 1.92 bits per heavy atom. The first-order valence-electron chi connectivity index (χ1n) is 7.66. The van der Waals surface area contributed by atoms with Crippen molar-refractivity contribution in [2.24, 2.45) is 7.05 Å². The van der Waals surface area contributed by atoms with Gasteiger partial charge in [-0.2, -0.15) is 0 Å². The van der Waals surface area contributed by atoms with E-state index < -0.39 is 6.09 Å². The normalized spacial score (nSPS) is 10.6. The molecule has 124 valence electrons. The van der Waals surface area contributed by atoms with Crippen molar-refractivity contribution in [1.82, 2.24) is 9.55 Å². The minimum Gasteiger partial charge on any atom is -0.452 e. The van der Waals surface area contributed by atoms with Crippen molar-refractivity contribution in [3.05, 3.63) is 54.4 Å². The van der Waals surface area contributed by atoms with Crippen LogP contribution in [0.25, 0.3) is 11.0 Å². The number of methoxy groups -OCH3 is 1. The van der Waals surface area contributed by atoms with Gasteiger partial charge in [0.2, 0.25) is 0 Å². The summed E-state index contributed by atoms with van der Waals surface area (Å²) < 4.78 is 6.79. The molecule has 1 heterocycles. The SMILES string of the molecule is COC(=O)N(C)c1ccc(NCc2nc3ccccc3n2C)cc1. The molecule has 0 aliphatic rings. The number of imidazole rings is 1. The quantitative estimate of drug-likeness (QED) is 0.799. The molecule has 0 radical (unpaired) electrons. The van der Waals surface area contributed by atoms with Gasteiger partial charge in [0.1, 0.15) is 5.82 Å². The van der Waals surface area contributed by atoms with Crippen molar-refractivity contribution in [1.29, 1.82) is 0 Å². The van der Waals surface area contributed by atoms with E-state index in [4.69, 9.17) is 4.74 Å². The van der Waals surface area contributed by atoms with Gasteiger partial charge >= 0.3 is 6.09 Å². The highest BCUT2D eigenvalue weighted by Crippen LogP contribution is 2.19. The van der Waals surface area contributed by atoms with Crippen molar-refractivity contribution in [2.45, 2.75) is 6.54 Å². The molecule has 24 heavy (non-hydrogen) atoms. The van der Waals surface area contributed by atoms with Crippen LogP contribution in [0, 0.1) is 0 Å². The minimum absolute atomic E-state index is 0.393. The van der Waals surface area contributed by atoms with Gasteiger partial charge in [0.25, 0.3) is 0 Å². The second-order valence-electron chi connectivity index (χ2n) is 5.51. The smallest absolute Gasteiger partial charge is 0.413 e. The summed E-state index contributed by atoms with van der Waals surface area (Å²) in [7, 11) is 5.06. The molecule has 1 aromatic heterocycles. The minimum atomic E-state index is -0.393. The van der Waals surface area contributed by atoms with Crippen LogP contribution in [0.15, 0.2) is 48.5 Å². The summed E-state index contributed by atoms with van der Waals surface area (Å²) in [4.78, 5) is 17.6. The Morgan fingerprint density at radius 3 is 2.58 bits per heavy atom. The number of rotatable bonds is 4. The van der Waals surface area contributed by atoms with Gasteiger partial charge in [0.05, 0.1) is 24.7 Å². The molecule has 0 saturated carbocycles. The van der Waals surface area contributed by atoms with Crippen LogP contribution in [0.2, 0.25) is 0 Å². The fourth-order valence-corrected chi connectivity index (χ4v) is 2.58. The first-order chi connectivity index (χ1) is 11.6. The van der Waals surface area contributed by atoms with Crippen LogP contribution in [0.4, 0.5) is 16.2 Å². The standard InChI is InChI=1S/C18H20N4O2/c1-21(18(23)24-3)14-10-8-13(9-11-14)19-12-17-20-15-6-4-5-7-16(15)22(17)2/h4-11,19H,12H2,1-3H3. The summed E-state index contributed by atoms with van der Waals surface area (Å²) in [6, 6.07) is 15.7. The lowest BCUT2D eigenvalue weighted by molar-refractivity contribution is 0.180. The molecule has 0 unspecified atom stereocenters. The van der Waals surface area contributed by atoms with E-state index in [-0.39, 0.29) is 0 Å². The monoisotopic (exact) mass is 324 g/mol. The highest BCUT2D eigenvalue weighted by Gasteiger charge is 2.10. The Kier molecular flexibility index (Phi) is 4.37. The fraction of sp³-hybridized carbons (Fsp3) is 0.222. The maximum Gasteiger partial charge on any atom is 0.413 e. The molecule has 0 aliphatic carbocycles. The summed E-state index contributed by atoms with van der Waals surface area (Å²) in [5.41, 5.74) is 3.84. The van der Waals surface area contributed by atoms with E-state index in [0.717, 1.165) is 28.2 Å². The van der Waals surface area contributed by atoms with Crippen LogP contribution in [0.3, 0.4) is 0 Å². The molecular formula is C18H20N4O2. The molecule has 0 aliphatic heterocycles. The third-order valence-corrected chi connectivity index (χ3v) is 4.03. The van der Waals surface area contributed by atoms with E-state index in [1.807, 2.05) is 49.5 Å². The van der Waals surface area contributed by atoms with Crippen LogP contribution in [-0.2, 0) is 18.3 Å². The lowest BCUT2D eigenvalue weighted by atomic mass is 10.2. The molecule has 0 atom stereocenters. The number of carbonyl (C=O) groups excluding carboxylic acids is 1. The summed E-state index contributed by atoms with van der Waals surface area (Å²) in [6.07, 6.45) is -0.393. The van der Waals surface area contributed by atoms with Crippen molar-refractivity contribution >= 4 is 28.5 Å². The Hall–Kier alpha value is -3.02. The lowest BCUT2D eigenvalue weighted by Gasteiger charge is -2.16. The van der Waals surface area contributed by atoms with Crippen LogP contribution in [0.5, 0.6) is 0 Å². The molecule has 0 bridgehead atoms. The van der Waals surface area contributed by atoms with E-state index in [9.17, 15) is 4.79 Å². The molecule has 1 amide bonds. The predicted octanol–water partition coefficient (Wildman–Crippen LogP) is 3.39. The second-order valence-corrected chi connectivity index (χ2v) is 5.51. The van der Waals surface area contributed by atoms with E-state index in [1.165, 1.54) is 12.0 Å². The number of amides is 1. The number of nitrogens with one attached hydrogen (secondary N) is 1. The zero-order valence-electron chi connectivity index (χ0n) is 14.0. The lowest BCUT2D eigenvalue weighted by Crippen LogP contribution is -2.25. The number of anilines is 2. The van der Waals surface area contributed by atoms with Crippen molar-refractivity contribution in [2.75, 3.05) is 24.4 Å². The zero-order chi connectivity index (χ0) is 17.1. The maximum absolute atomic E-state index is 11.5. The number of nitrogens with zero attached hydrogens (tertiary/aromatic N) is 3. The Labute approximate surface area is 140 Å². The van der Waals surface area contributed by atoms with Crippen molar-refractivity contribution in [3.63, 3.8) is 0 Å². The van der Waals surface area contributed by atoms with E-state index in [0.29, 0.717) is 6.54 Å². The largest absolute Gasteiger partial charge is 0.452 e. The van der Waals surface area contributed by atoms with Gasteiger partial charge in [-0.1, -0.05) is 12.1 Å². The molecule has 0 spiro atoms. The zero-order valence-corrected chi connectivity index (χ0v) is 14.0. The number of fused-ring (bicyclic) bond motifs is 1. The van der Waals surface area contributed by atoms with Crippen LogP contribution in [-0.4, -0.2) is 29.8 Å². The third kappa shape index (κ3) is 3.03. The highest BCUT2D eigenvalue weighted by molar-refractivity contribution is 5.87. The molecule has 6 nitrogen and oxygen atoms in total. The van der Waals surface area contributed by atoms with Gasteiger partial charge < -0.3 is 14.6 Å². The third-order valence-electron chi connectivity index (χ3n) is 4.03. The molecule has 1 N–H and O–H groups in total. The van der Waals surface area contributed by atoms with E-state index in [1.54, 1.807) is 7.05 Å². The number of benzene rings is 2. The molecule has 0 saturated heterocycles. The number of hydrogen-bond donors (Lipinski definition) is 1.